The van der Waals surface area contributed by atoms with Crippen molar-refractivity contribution in [2.75, 3.05) is 31.4 Å². The van der Waals surface area contributed by atoms with Crippen LogP contribution < -0.4 is 26.7 Å². The fraction of sp³-hybridized carbons (Fsp3) is 0.362. The first-order chi connectivity index (χ1) is 46.6. The van der Waals surface area contributed by atoms with Gasteiger partial charge in [-0.15, -0.1) is 13.2 Å². The van der Waals surface area contributed by atoms with Crippen LogP contribution in [0, 0.1) is 17.3 Å². The van der Waals surface area contributed by atoms with E-state index in [-0.39, 0.29) is 64.7 Å². The molecule has 9 aromatic heterocycles. The number of imidazole rings is 3. The van der Waals surface area contributed by atoms with Crippen LogP contribution in [0.25, 0.3) is 83.4 Å². The Morgan fingerprint density at radius 2 is 1.04 bits per heavy atom. The van der Waals surface area contributed by atoms with Gasteiger partial charge in [0, 0.05) is 58.7 Å². The number of alkyl halides is 3. The number of anilines is 3. The number of para-hydroxylation sites is 3. The Hall–Kier alpha value is -10.4. The molecule has 0 radical (unpaired) electrons. The minimum atomic E-state index is -4.82. The van der Waals surface area contributed by atoms with Crippen molar-refractivity contribution in [3.63, 3.8) is 0 Å². The van der Waals surface area contributed by atoms with Gasteiger partial charge in [0.25, 0.3) is 0 Å². The maximum Gasteiger partial charge on any atom is 0.573 e. The third-order valence-corrected chi connectivity index (χ3v) is 19.4. The minimum absolute atomic E-state index is 0.0185. The molecule has 0 bridgehead atoms. The molecule has 0 spiro atoms. The van der Waals surface area contributed by atoms with Gasteiger partial charge in [0.15, 0.2) is 11.6 Å². The van der Waals surface area contributed by atoms with E-state index in [1.165, 1.54) is 32.7 Å². The molecule has 504 valence electrons. The largest absolute Gasteiger partial charge is 0.573 e. The molecule has 0 amide bonds. The summed E-state index contributed by atoms with van der Waals surface area (Å²) in [5.41, 5.74) is 26.2. The first-order valence-corrected chi connectivity index (χ1v) is 32.5. The van der Waals surface area contributed by atoms with Gasteiger partial charge in [-0.25, -0.2) is 34.4 Å². The molecule has 0 saturated heterocycles. The number of rotatable bonds is 12. The molecule has 3 aromatic carbocycles. The second-order valence-electron chi connectivity index (χ2n) is 25.6. The standard InChI is InChI=1S/C25H29N5O3.C22H22ClN5O2.C22H21F3N6O3/c1-14(2)33-19-6-4-5-17-13-18(28-20(17)19)21-22-23(26)27-11-12-30(22)24(29-21)15-7-9-16(10-8-15)25(31)32-3;1-22(21(29)30)7-5-12(6-8-22)20-27-17(18-19(24)25-9-10-28(18)20)15-11-13-3-2-4-14(23)16(13)26-15;1-33-21(32)12-7-5-11(6-8-12)20-30-17(18-19(26)27-10-28-31(18)20)14-9-13-3-2-4-15(16(13)29-14)34-22(23,24)25/h4-6,11-16,28H,7-10H2,1-3H3,(H2,26,27);2-4,9-12,26H,5-8H2,1H3,(H2,24,25)(H,29,30);2-4,9-12,29H,5-8H2,1H3,(H2,26,27,28). The molecule has 3 aliphatic rings. The number of hydrogen-bond acceptors (Lipinski definition) is 17. The number of esters is 2. The van der Waals surface area contributed by atoms with Gasteiger partial charge in [-0.05, 0) is 134 Å². The van der Waals surface area contributed by atoms with E-state index in [4.69, 9.17) is 58.0 Å². The molecule has 24 nitrogen and oxygen atoms in total. The van der Waals surface area contributed by atoms with Crippen molar-refractivity contribution in [1.82, 2.24) is 63.3 Å². The first-order valence-electron chi connectivity index (χ1n) is 32.2. The predicted molar refractivity (Wildman–Crippen MR) is 360 cm³/mol. The lowest BCUT2D eigenvalue weighted by Crippen LogP contribution is -2.32. The van der Waals surface area contributed by atoms with Crippen molar-refractivity contribution >= 4 is 96.2 Å². The lowest BCUT2D eigenvalue weighted by molar-refractivity contribution is -0.274. The minimum Gasteiger partial charge on any atom is -0.489 e. The smallest absolute Gasteiger partial charge is 0.489 e. The van der Waals surface area contributed by atoms with E-state index in [9.17, 15) is 32.7 Å². The number of carbonyl (C=O) groups is 3. The SMILES string of the molecule is CC1(C(=O)O)CCC(c2nc(-c3cc4cccc(Cl)c4[nH]3)c3c(N)nccn23)CC1.COC(=O)C1CCC(c2nc(-c3cc4cccc(OC(C)C)c4[nH]3)c3c(N)nccn23)CC1.COC(=O)C1CCC(c2nc(-c3cc4cccc(OC(F)(F)F)c4[nH]3)c3c(N)ncnn23)CC1. The molecule has 9 heterocycles. The highest BCUT2D eigenvalue weighted by Crippen LogP contribution is 2.46. The number of ether oxygens (including phenoxy) is 4. The van der Waals surface area contributed by atoms with Gasteiger partial charge in [0.1, 0.15) is 74.8 Å². The van der Waals surface area contributed by atoms with Gasteiger partial charge in [-0.3, -0.25) is 23.2 Å². The number of nitrogens with one attached hydrogen (secondary N) is 3. The average Bonchev–Trinajstić information content (AvgIpc) is 1.61. The van der Waals surface area contributed by atoms with E-state index < -0.39 is 17.7 Å². The second-order valence-corrected chi connectivity index (χ2v) is 26.0. The topological polar surface area (TPSA) is 337 Å². The predicted octanol–water partition coefficient (Wildman–Crippen LogP) is 13.8. The van der Waals surface area contributed by atoms with Crippen LogP contribution in [0.1, 0.15) is 133 Å². The van der Waals surface area contributed by atoms with E-state index in [0.29, 0.717) is 83.3 Å². The Bertz CT molecular complexity index is 4950. The summed E-state index contributed by atoms with van der Waals surface area (Å²) in [5.74, 6) is 3.19. The number of aromatic amines is 3. The number of hydrogen-bond donors (Lipinski definition) is 7. The van der Waals surface area contributed by atoms with Crippen molar-refractivity contribution in [1.29, 1.82) is 0 Å². The zero-order valence-electron chi connectivity index (χ0n) is 53.8. The Labute approximate surface area is 557 Å². The summed E-state index contributed by atoms with van der Waals surface area (Å²) in [7, 11) is 2.84. The molecule has 12 aromatic rings. The number of aromatic nitrogens is 13. The molecule has 28 heteroatoms. The number of nitrogens with two attached hydrogens (primary N) is 3. The molecular weight excluding hydrogens is 1270 g/mol. The molecular formula is C69H72ClF3N16O8. The molecule has 0 unspecified atom stereocenters. The van der Waals surface area contributed by atoms with Crippen LogP contribution in [0.4, 0.5) is 30.6 Å². The van der Waals surface area contributed by atoms with E-state index >= 15 is 0 Å². The Morgan fingerprint density at radius 1 is 0.608 bits per heavy atom. The third-order valence-electron chi connectivity index (χ3n) is 19.1. The number of nitrogen functional groups attached to an aromatic ring is 3. The van der Waals surface area contributed by atoms with E-state index in [1.807, 2.05) is 74.0 Å². The van der Waals surface area contributed by atoms with Crippen molar-refractivity contribution in [2.45, 2.75) is 128 Å². The number of carboxylic acid groups (broad SMARTS) is 1. The van der Waals surface area contributed by atoms with Crippen LogP contribution in [0.15, 0.2) is 104 Å². The maximum atomic E-state index is 12.9. The Morgan fingerprint density at radius 3 is 1.53 bits per heavy atom. The lowest BCUT2D eigenvalue weighted by atomic mass is 9.71. The van der Waals surface area contributed by atoms with Gasteiger partial charge >= 0.3 is 24.3 Å². The Balaban J connectivity index is 0.000000131. The monoisotopic (exact) mass is 1340 g/mol. The summed E-state index contributed by atoms with van der Waals surface area (Å²) < 4.78 is 64.2. The summed E-state index contributed by atoms with van der Waals surface area (Å²) in [4.78, 5) is 72.9. The number of nitrogens with zero attached hydrogens (tertiary/aromatic N) is 10. The van der Waals surface area contributed by atoms with Crippen LogP contribution in [0.3, 0.4) is 0 Å². The van der Waals surface area contributed by atoms with Gasteiger partial charge < -0.3 is 56.2 Å². The first kappa shape index (κ1) is 65.2. The molecule has 15 rings (SSSR count). The fourth-order valence-electron chi connectivity index (χ4n) is 14.1. The number of fused-ring (bicyclic) bond motifs is 6. The van der Waals surface area contributed by atoms with E-state index in [0.717, 1.165) is 112 Å². The van der Waals surface area contributed by atoms with Crippen LogP contribution >= 0.6 is 11.6 Å². The average molecular weight is 1350 g/mol. The van der Waals surface area contributed by atoms with Gasteiger partial charge in [-0.2, -0.15) is 5.10 Å². The van der Waals surface area contributed by atoms with Gasteiger partial charge in [-0.1, -0.05) is 48.0 Å². The molecule has 3 fully saturated rings. The number of methoxy groups -OCH3 is 2. The zero-order valence-corrected chi connectivity index (χ0v) is 54.5. The molecule has 0 aliphatic heterocycles. The third kappa shape index (κ3) is 12.7. The van der Waals surface area contributed by atoms with E-state index in [1.54, 1.807) is 29.0 Å². The lowest BCUT2D eigenvalue weighted by Gasteiger charge is -2.33. The summed E-state index contributed by atoms with van der Waals surface area (Å²) in [6.07, 6.45) is 12.6. The second kappa shape index (κ2) is 26.3. The van der Waals surface area contributed by atoms with Crippen molar-refractivity contribution < 1.29 is 51.6 Å². The number of benzene rings is 3. The quantitative estimate of drug-likeness (QED) is 0.0559. The fourth-order valence-corrected chi connectivity index (χ4v) is 14.3. The number of carboxylic acids is 1. The molecule has 10 N–H and O–H groups in total. The number of aliphatic carboxylic acids is 1. The van der Waals surface area contributed by atoms with Crippen molar-refractivity contribution in [2.24, 2.45) is 17.3 Å². The molecule has 3 saturated carbocycles. The summed E-state index contributed by atoms with van der Waals surface area (Å²) in [6.45, 7) is 5.86. The van der Waals surface area contributed by atoms with Crippen molar-refractivity contribution in [3.8, 4) is 45.7 Å². The summed E-state index contributed by atoms with van der Waals surface area (Å²) >= 11 is 6.34. The summed E-state index contributed by atoms with van der Waals surface area (Å²) in [5, 5.41) is 17.1. The summed E-state index contributed by atoms with van der Waals surface area (Å²) in [6, 6.07) is 21.9. The van der Waals surface area contributed by atoms with E-state index in [2.05, 4.69) is 56.3 Å². The number of halogens is 4. The number of carbonyl (C=O) groups excluding carboxylic acids is 2. The van der Waals surface area contributed by atoms with Crippen LogP contribution in [0.5, 0.6) is 11.5 Å². The van der Waals surface area contributed by atoms with Gasteiger partial charge in [0.2, 0.25) is 0 Å². The molecule has 97 heavy (non-hydrogen) atoms. The molecule has 3 aliphatic carbocycles. The normalized spacial score (nSPS) is 19.8. The molecule has 0 atom stereocenters. The maximum absolute atomic E-state index is 12.9. The van der Waals surface area contributed by atoms with Crippen LogP contribution in [-0.2, 0) is 23.9 Å². The van der Waals surface area contributed by atoms with Crippen molar-refractivity contribution in [3.05, 3.63) is 126 Å². The number of H-pyrrole nitrogens is 3. The Kier molecular flexibility index (Phi) is 17.7. The zero-order chi connectivity index (χ0) is 68.2. The highest BCUT2D eigenvalue weighted by molar-refractivity contribution is 6.35. The van der Waals surface area contributed by atoms with Gasteiger partial charge in [0.05, 0.1) is 76.2 Å². The van der Waals surface area contributed by atoms with Crippen LogP contribution in [-0.4, -0.2) is 113 Å². The van der Waals surface area contributed by atoms with Crippen LogP contribution in [0.2, 0.25) is 5.02 Å². The highest BCUT2D eigenvalue weighted by atomic mass is 35.5. The highest BCUT2D eigenvalue weighted by Gasteiger charge is 2.40.